The van der Waals surface area contributed by atoms with Gasteiger partial charge < -0.3 is 20.9 Å². The maximum absolute atomic E-state index is 13.7. The summed E-state index contributed by atoms with van der Waals surface area (Å²) in [5.41, 5.74) is 4.63. The highest BCUT2D eigenvalue weighted by molar-refractivity contribution is 5.66. The van der Waals surface area contributed by atoms with Crippen LogP contribution < -0.4 is 11.2 Å². The molecule has 3 N–H and O–H groups in total. The van der Waals surface area contributed by atoms with Crippen LogP contribution in [0.2, 0.25) is 0 Å². The molecule has 11 heteroatoms. The predicted octanol–water partition coefficient (Wildman–Crippen LogP) is 2.56. The molecule has 2 fully saturated rings. The molecule has 0 spiro atoms. The van der Waals surface area contributed by atoms with E-state index < -0.39 is 5.82 Å². The van der Waals surface area contributed by atoms with Crippen molar-refractivity contribution in [3.8, 4) is 6.07 Å². The van der Waals surface area contributed by atoms with Crippen molar-refractivity contribution in [2.75, 3.05) is 39.8 Å². The molecule has 5 rings (SSSR count). The van der Waals surface area contributed by atoms with Crippen molar-refractivity contribution >= 4 is 18.3 Å². The van der Waals surface area contributed by atoms with E-state index in [1.165, 1.54) is 12.4 Å². The van der Waals surface area contributed by atoms with Crippen molar-refractivity contribution in [3.63, 3.8) is 0 Å². The third-order valence-corrected chi connectivity index (χ3v) is 7.32. The van der Waals surface area contributed by atoms with E-state index in [2.05, 4.69) is 42.5 Å². The van der Waals surface area contributed by atoms with Crippen LogP contribution in [0.15, 0.2) is 39.7 Å². The number of benzene rings is 1. The maximum Gasteiger partial charge on any atom is 0.141 e. The topological polar surface area (TPSA) is 135 Å². The molecule has 0 amide bonds. The molecule has 3 unspecified atom stereocenters. The van der Waals surface area contributed by atoms with Gasteiger partial charge in [-0.15, -0.1) is 5.11 Å². The van der Waals surface area contributed by atoms with Gasteiger partial charge in [0, 0.05) is 44.8 Å². The van der Waals surface area contributed by atoms with Gasteiger partial charge in [-0.05, 0) is 55.6 Å². The second-order valence-electron chi connectivity index (χ2n) is 9.61. The number of aryl methyl sites for hydroxylation is 1. The van der Waals surface area contributed by atoms with Crippen molar-refractivity contribution in [2.45, 2.75) is 37.8 Å². The number of nitrogens with two attached hydrogens (primary N) is 1. The fourth-order valence-electron chi connectivity index (χ4n) is 5.29. The molecule has 1 aliphatic carbocycles. The van der Waals surface area contributed by atoms with Gasteiger partial charge in [-0.2, -0.15) is 5.26 Å². The monoisotopic (exact) mass is 505 g/mol. The van der Waals surface area contributed by atoms with Gasteiger partial charge in [-0.1, -0.05) is 11.3 Å². The minimum Gasteiger partial charge on any atom is -0.307 e. The Morgan fingerprint density at radius 3 is 2.92 bits per heavy atom. The summed E-state index contributed by atoms with van der Waals surface area (Å²) in [7, 11) is 2.16. The molecule has 10 nitrogen and oxygen atoms in total. The SMILES string of the molecule is Cc1c(C2CN3CCN(C)CC3CN2)ccc(F)c1C#N.NN=NC=Nc1cnc2c(c1)CCC2C=O. The fraction of sp³-hybridized carbons (Fsp3) is 0.462. The molecule has 1 aromatic carbocycles. The van der Waals surface area contributed by atoms with E-state index >= 15 is 0 Å². The largest absolute Gasteiger partial charge is 0.307 e. The van der Waals surface area contributed by atoms with Crippen LogP contribution in [-0.4, -0.2) is 73.2 Å². The smallest absolute Gasteiger partial charge is 0.141 e. The van der Waals surface area contributed by atoms with Gasteiger partial charge in [0.15, 0.2) is 0 Å². The molecule has 2 saturated heterocycles. The van der Waals surface area contributed by atoms with Crippen molar-refractivity contribution < 1.29 is 9.18 Å². The highest BCUT2D eigenvalue weighted by Crippen LogP contribution is 2.32. The number of aldehydes is 1. The van der Waals surface area contributed by atoms with Crippen LogP contribution in [0.1, 0.15) is 46.3 Å². The highest BCUT2D eigenvalue weighted by atomic mass is 19.1. The van der Waals surface area contributed by atoms with Crippen molar-refractivity contribution in [1.29, 1.82) is 5.26 Å². The number of carbonyl (C=O) groups is 1. The van der Waals surface area contributed by atoms with E-state index in [0.29, 0.717) is 11.7 Å². The number of pyridine rings is 1. The Hall–Kier alpha value is -3.59. The van der Waals surface area contributed by atoms with Gasteiger partial charge in [0.05, 0.1) is 29.1 Å². The summed E-state index contributed by atoms with van der Waals surface area (Å²) in [4.78, 5) is 23.9. The van der Waals surface area contributed by atoms with Crippen LogP contribution in [0.5, 0.6) is 0 Å². The summed E-state index contributed by atoms with van der Waals surface area (Å²) in [6.45, 7) is 6.96. The molecule has 0 saturated carbocycles. The number of likely N-dealkylation sites (N-methyl/N-ethyl adjacent to an activating group) is 1. The van der Waals surface area contributed by atoms with E-state index in [0.717, 1.165) is 74.2 Å². The zero-order valence-corrected chi connectivity index (χ0v) is 21.1. The van der Waals surface area contributed by atoms with Crippen LogP contribution in [0.4, 0.5) is 10.1 Å². The lowest BCUT2D eigenvalue weighted by Crippen LogP contribution is -2.61. The molecule has 3 heterocycles. The molecule has 2 aliphatic heterocycles. The lowest BCUT2D eigenvalue weighted by Gasteiger charge is -2.46. The van der Waals surface area contributed by atoms with Crippen molar-refractivity contribution in [1.82, 2.24) is 20.1 Å². The molecule has 194 valence electrons. The van der Waals surface area contributed by atoms with E-state index in [1.54, 1.807) is 6.20 Å². The Labute approximate surface area is 216 Å². The molecular formula is C26H32FN9O. The summed E-state index contributed by atoms with van der Waals surface area (Å²) >= 11 is 0. The van der Waals surface area contributed by atoms with Gasteiger partial charge in [0.1, 0.15) is 24.5 Å². The number of aromatic nitrogens is 1. The third kappa shape index (κ3) is 6.05. The molecule has 37 heavy (non-hydrogen) atoms. The molecule has 0 bridgehead atoms. The van der Waals surface area contributed by atoms with Crippen molar-refractivity contribution in [2.24, 2.45) is 21.2 Å². The van der Waals surface area contributed by atoms with Gasteiger partial charge >= 0.3 is 0 Å². The summed E-state index contributed by atoms with van der Waals surface area (Å²) in [6.07, 6.45) is 5.53. The number of hydrogen-bond donors (Lipinski definition) is 2. The minimum atomic E-state index is -0.424. The van der Waals surface area contributed by atoms with Crippen LogP contribution in [0.3, 0.4) is 0 Å². The third-order valence-electron chi connectivity index (χ3n) is 7.32. The first-order valence-corrected chi connectivity index (χ1v) is 12.4. The number of nitrogens with zero attached hydrogens (tertiary/aromatic N) is 7. The first-order valence-electron chi connectivity index (χ1n) is 12.4. The Balaban J connectivity index is 0.000000180. The highest BCUT2D eigenvalue weighted by Gasteiger charge is 2.33. The standard InChI is InChI=1S/C16H21FN4.C10H11N5O/c1-11-13(3-4-15(17)14(11)7-18)16-10-21-6-5-20(2)9-12(21)8-19-16;11-15-14-6-13-9-3-7-1-2-8(5-16)10(7)12-4-9/h3-4,12,16,19H,5-6,8-10H2,1-2H3;3-6,8H,1-2H2,(H2,11,13,14). The number of nitrogens with one attached hydrogen (secondary N) is 1. The van der Waals surface area contributed by atoms with Gasteiger partial charge in [-0.3, -0.25) is 9.88 Å². The van der Waals surface area contributed by atoms with Crippen LogP contribution >= 0.6 is 0 Å². The van der Waals surface area contributed by atoms with E-state index in [4.69, 9.17) is 11.1 Å². The number of carbonyl (C=O) groups excluding carboxylic acids is 1. The molecule has 2 aromatic rings. The van der Waals surface area contributed by atoms with Gasteiger partial charge in [0.25, 0.3) is 0 Å². The first kappa shape index (κ1) is 26.5. The van der Waals surface area contributed by atoms with Crippen LogP contribution in [-0.2, 0) is 11.2 Å². The predicted molar refractivity (Wildman–Crippen MR) is 138 cm³/mol. The molecule has 3 aliphatic rings. The zero-order chi connectivity index (χ0) is 26.4. The minimum absolute atomic E-state index is 0.0586. The number of halogens is 1. The lowest BCUT2D eigenvalue weighted by atomic mass is 9.94. The fourth-order valence-corrected chi connectivity index (χ4v) is 5.29. The number of fused-ring (bicyclic) bond motifs is 2. The maximum atomic E-state index is 13.7. The lowest BCUT2D eigenvalue weighted by molar-refractivity contribution is -0.109. The van der Waals surface area contributed by atoms with Gasteiger partial charge in [0.2, 0.25) is 0 Å². The molecule has 0 radical (unpaired) electrons. The quantitative estimate of drug-likeness (QED) is 0.163. The molecule has 3 atom stereocenters. The number of piperazine rings is 2. The van der Waals surface area contributed by atoms with E-state index in [-0.39, 0.29) is 17.5 Å². The Kier molecular flexibility index (Phi) is 8.66. The summed E-state index contributed by atoms with van der Waals surface area (Å²) in [6, 6.07) is 7.86. The summed E-state index contributed by atoms with van der Waals surface area (Å²) in [5.74, 6) is 4.35. The second kappa shape index (κ2) is 12.1. The Bertz CT molecular complexity index is 1230. The van der Waals surface area contributed by atoms with Crippen LogP contribution in [0.25, 0.3) is 0 Å². The first-order chi connectivity index (χ1) is 17.9. The van der Waals surface area contributed by atoms with Crippen molar-refractivity contribution in [3.05, 3.63) is 58.2 Å². The van der Waals surface area contributed by atoms with Gasteiger partial charge in [-0.25, -0.2) is 9.38 Å². The number of hydrogen-bond acceptors (Lipinski definition) is 8. The average Bonchev–Trinajstić information content (AvgIpc) is 3.32. The number of aliphatic imine (C=N–C) groups is 1. The second-order valence-corrected chi connectivity index (χ2v) is 9.61. The normalized spacial score (nSPS) is 23.8. The zero-order valence-electron chi connectivity index (χ0n) is 21.1. The van der Waals surface area contributed by atoms with Crippen LogP contribution in [0, 0.1) is 24.1 Å². The number of nitriles is 1. The van der Waals surface area contributed by atoms with E-state index in [9.17, 15) is 9.18 Å². The Morgan fingerprint density at radius 2 is 2.16 bits per heavy atom. The molecular weight excluding hydrogens is 473 g/mol. The van der Waals surface area contributed by atoms with E-state index in [1.807, 2.05) is 25.1 Å². The molecule has 1 aromatic heterocycles. The average molecular weight is 506 g/mol. The summed E-state index contributed by atoms with van der Waals surface area (Å²) in [5, 5.41) is 19.2. The Morgan fingerprint density at radius 1 is 1.32 bits per heavy atom. The summed E-state index contributed by atoms with van der Waals surface area (Å²) < 4.78 is 13.7. The number of rotatable bonds is 4.